The number of nitrogens with one attached hydrogen (secondary N) is 2. The fourth-order valence-electron chi connectivity index (χ4n) is 3.40. The predicted octanol–water partition coefficient (Wildman–Crippen LogP) is 4.36. The summed E-state index contributed by atoms with van der Waals surface area (Å²) in [5.41, 5.74) is 5.71. The number of aromatic nitrogens is 1. The molecule has 0 saturated carbocycles. The van der Waals surface area contributed by atoms with E-state index in [1.807, 2.05) is 79.7 Å². The zero-order chi connectivity index (χ0) is 19.8. The van der Waals surface area contributed by atoms with Gasteiger partial charge >= 0.3 is 0 Å². The van der Waals surface area contributed by atoms with Crippen LogP contribution in [0.4, 0.5) is 11.7 Å². The zero-order valence-corrected chi connectivity index (χ0v) is 15.7. The number of nitrogens with zero attached hydrogens (tertiary/aromatic N) is 2. The van der Waals surface area contributed by atoms with Crippen molar-refractivity contribution in [2.75, 3.05) is 10.6 Å². The molecule has 5 rings (SSSR count). The number of rotatable bonds is 3. The number of benzene rings is 3. The Morgan fingerprint density at radius 1 is 1.00 bits per heavy atom. The van der Waals surface area contributed by atoms with Gasteiger partial charge in [0.1, 0.15) is 5.52 Å². The maximum absolute atomic E-state index is 12.9. The molecule has 2 heterocycles. The second kappa shape index (κ2) is 6.91. The van der Waals surface area contributed by atoms with Crippen LogP contribution in [0.5, 0.6) is 0 Å². The average molecular weight is 382 g/mol. The minimum absolute atomic E-state index is 0.257. The molecule has 2 N–H and O–H groups in total. The lowest BCUT2D eigenvalue weighted by molar-refractivity contribution is -0.116. The van der Waals surface area contributed by atoms with Crippen molar-refractivity contribution >= 4 is 34.4 Å². The molecule has 1 atom stereocenters. The van der Waals surface area contributed by atoms with Gasteiger partial charge in [0, 0.05) is 11.1 Å². The number of anilines is 2. The van der Waals surface area contributed by atoms with E-state index in [9.17, 15) is 4.79 Å². The molecule has 0 aliphatic carbocycles. The topological polar surface area (TPSA) is 79.5 Å². The Labute approximate surface area is 167 Å². The van der Waals surface area contributed by atoms with Crippen LogP contribution in [0.3, 0.4) is 0 Å². The summed E-state index contributed by atoms with van der Waals surface area (Å²) >= 11 is 0. The summed E-state index contributed by atoms with van der Waals surface area (Å²) in [6, 6.07) is 23.5. The molecular weight excluding hydrogens is 364 g/mol. The molecule has 0 fully saturated rings. The van der Waals surface area contributed by atoms with Gasteiger partial charge in [-0.2, -0.15) is 4.98 Å². The number of aryl methyl sites for hydroxylation is 1. The van der Waals surface area contributed by atoms with Crippen LogP contribution in [-0.2, 0) is 4.79 Å². The molecule has 1 aliphatic rings. The van der Waals surface area contributed by atoms with Crippen molar-refractivity contribution in [3.8, 4) is 0 Å². The van der Waals surface area contributed by atoms with Gasteiger partial charge < -0.3 is 15.1 Å². The Kier molecular flexibility index (Phi) is 4.09. The van der Waals surface area contributed by atoms with Crippen molar-refractivity contribution in [3.63, 3.8) is 0 Å². The first-order valence-electron chi connectivity index (χ1n) is 9.34. The Morgan fingerprint density at radius 3 is 2.66 bits per heavy atom. The van der Waals surface area contributed by atoms with Crippen LogP contribution in [0.25, 0.3) is 11.1 Å². The summed E-state index contributed by atoms with van der Waals surface area (Å²) in [6.45, 7) is 1.99. The third-order valence-electron chi connectivity index (χ3n) is 4.80. The average Bonchev–Trinajstić information content (AvgIpc) is 3.07. The van der Waals surface area contributed by atoms with E-state index in [2.05, 4.69) is 15.6 Å². The molecule has 6 nitrogen and oxygen atoms in total. The summed E-state index contributed by atoms with van der Waals surface area (Å²) in [4.78, 5) is 22.1. The largest absolute Gasteiger partial charge is 0.424 e. The Balaban J connectivity index is 1.57. The van der Waals surface area contributed by atoms with Gasteiger partial charge in [0.05, 0.1) is 11.4 Å². The molecule has 0 saturated heterocycles. The Bertz CT molecular complexity index is 1240. The normalized spacial score (nSPS) is 16.0. The standard InChI is InChI=1S/C23H18N4O2/c1-14-11-12-19-18(13-14)25-23(29-19)27-21-22(28)24-17-10-6-5-9-16(17)20(26-21)15-7-3-2-4-8-15/h2-13,21H,1H3,(H,24,28)(H,25,27). The third kappa shape index (κ3) is 3.25. The summed E-state index contributed by atoms with van der Waals surface area (Å²) in [6.07, 6.45) is -0.883. The SMILES string of the molecule is Cc1ccc2oc(NC3N=C(c4ccccc4)c4ccccc4NC3=O)nc2c1. The quantitative estimate of drug-likeness (QED) is 0.552. The number of para-hydroxylation sites is 1. The molecule has 3 aromatic carbocycles. The number of amides is 1. The van der Waals surface area contributed by atoms with Gasteiger partial charge in [0.15, 0.2) is 5.58 Å². The lowest BCUT2D eigenvalue weighted by Crippen LogP contribution is -2.32. The number of carbonyl (C=O) groups excluding carboxylic acids is 1. The molecule has 0 spiro atoms. The van der Waals surface area contributed by atoms with Gasteiger partial charge in [-0.15, -0.1) is 0 Å². The van der Waals surface area contributed by atoms with Crippen molar-refractivity contribution in [2.24, 2.45) is 4.99 Å². The summed E-state index contributed by atoms with van der Waals surface area (Å²) in [5, 5.41) is 5.99. The first-order chi connectivity index (χ1) is 14.2. The van der Waals surface area contributed by atoms with E-state index < -0.39 is 6.17 Å². The highest BCUT2D eigenvalue weighted by Gasteiger charge is 2.26. The highest BCUT2D eigenvalue weighted by Crippen LogP contribution is 2.26. The molecule has 4 aromatic rings. The van der Waals surface area contributed by atoms with Gasteiger partial charge in [-0.05, 0) is 30.7 Å². The zero-order valence-electron chi connectivity index (χ0n) is 15.7. The van der Waals surface area contributed by atoms with Crippen molar-refractivity contribution in [1.82, 2.24) is 4.98 Å². The second-order valence-corrected chi connectivity index (χ2v) is 6.92. The molecule has 0 radical (unpaired) electrons. The fraction of sp³-hybridized carbons (Fsp3) is 0.0870. The minimum Gasteiger partial charge on any atom is -0.424 e. The Hall–Kier alpha value is -3.93. The fourth-order valence-corrected chi connectivity index (χ4v) is 3.40. The number of hydrogen-bond acceptors (Lipinski definition) is 5. The lowest BCUT2D eigenvalue weighted by atomic mass is 10.0. The first kappa shape index (κ1) is 17.2. The molecule has 1 aromatic heterocycles. The third-order valence-corrected chi connectivity index (χ3v) is 4.80. The van der Waals surface area contributed by atoms with Crippen LogP contribution in [0.1, 0.15) is 16.7 Å². The predicted molar refractivity (Wildman–Crippen MR) is 113 cm³/mol. The van der Waals surface area contributed by atoms with Gasteiger partial charge in [0.25, 0.3) is 11.9 Å². The first-order valence-corrected chi connectivity index (χ1v) is 9.34. The van der Waals surface area contributed by atoms with Gasteiger partial charge in [-0.1, -0.05) is 54.6 Å². The number of aliphatic imine (C=N–C) groups is 1. The van der Waals surface area contributed by atoms with Gasteiger partial charge in [-0.25, -0.2) is 4.99 Å². The molecule has 6 heteroatoms. The van der Waals surface area contributed by atoms with Crippen LogP contribution in [0.15, 0.2) is 82.2 Å². The summed E-state index contributed by atoms with van der Waals surface area (Å²) < 4.78 is 5.76. The van der Waals surface area contributed by atoms with Gasteiger partial charge in [0.2, 0.25) is 6.17 Å². The van der Waals surface area contributed by atoms with E-state index in [1.165, 1.54) is 0 Å². The molecule has 1 aliphatic heterocycles. The van der Waals surface area contributed by atoms with Crippen LogP contribution < -0.4 is 10.6 Å². The highest BCUT2D eigenvalue weighted by molar-refractivity contribution is 6.19. The van der Waals surface area contributed by atoms with E-state index >= 15 is 0 Å². The maximum Gasteiger partial charge on any atom is 0.297 e. The smallest absolute Gasteiger partial charge is 0.297 e. The van der Waals surface area contributed by atoms with Gasteiger partial charge in [-0.3, -0.25) is 4.79 Å². The maximum atomic E-state index is 12.9. The number of carbonyl (C=O) groups is 1. The van der Waals surface area contributed by atoms with E-state index in [0.29, 0.717) is 5.58 Å². The van der Waals surface area contributed by atoms with Crippen LogP contribution in [0, 0.1) is 6.92 Å². The highest BCUT2D eigenvalue weighted by atomic mass is 16.4. The molecular formula is C23H18N4O2. The number of fused-ring (bicyclic) bond motifs is 2. The molecule has 29 heavy (non-hydrogen) atoms. The molecule has 142 valence electrons. The van der Waals surface area contributed by atoms with Crippen molar-refractivity contribution < 1.29 is 9.21 Å². The summed E-state index contributed by atoms with van der Waals surface area (Å²) in [5.74, 6) is -0.276. The summed E-state index contributed by atoms with van der Waals surface area (Å²) in [7, 11) is 0. The van der Waals surface area contributed by atoms with Crippen LogP contribution in [-0.4, -0.2) is 22.8 Å². The Morgan fingerprint density at radius 2 is 1.79 bits per heavy atom. The van der Waals surface area contributed by atoms with Crippen LogP contribution >= 0.6 is 0 Å². The second-order valence-electron chi connectivity index (χ2n) is 6.92. The number of benzodiazepines with no additional fused rings is 1. The van der Waals surface area contributed by atoms with Crippen LogP contribution in [0.2, 0.25) is 0 Å². The van der Waals surface area contributed by atoms with E-state index in [4.69, 9.17) is 9.41 Å². The van der Waals surface area contributed by atoms with Crippen molar-refractivity contribution in [3.05, 3.63) is 89.5 Å². The van der Waals surface area contributed by atoms with Crippen molar-refractivity contribution in [2.45, 2.75) is 13.1 Å². The van der Waals surface area contributed by atoms with E-state index in [1.54, 1.807) is 0 Å². The number of hydrogen-bond donors (Lipinski definition) is 2. The van der Waals surface area contributed by atoms with E-state index in [-0.39, 0.29) is 11.9 Å². The number of oxazole rings is 1. The molecule has 1 amide bonds. The minimum atomic E-state index is -0.883. The molecule has 1 unspecified atom stereocenters. The lowest BCUT2D eigenvalue weighted by Gasteiger charge is -2.11. The monoisotopic (exact) mass is 382 g/mol. The van der Waals surface area contributed by atoms with E-state index in [0.717, 1.165) is 33.6 Å². The van der Waals surface area contributed by atoms with Crippen molar-refractivity contribution in [1.29, 1.82) is 0 Å². The molecule has 0 bridgehead atoms.